The highest BCUT2D eigenvalue weighted by Gasteiger charge is 2.23. The van der Waals surface area contributed by atoms with Gasteiger partial charge in [-0.2, -0.15) is 0 Å². The first-order chi connectivity index (χ1) is 6.30. The Labute approximate surface area is 79.4 Å². The van der Waals surface area contributed by atoms with Crippen LogP contribution in [0.15, 0.2) is 0 Å². The number of aliphatic hydroxyl groups excluding tert-OH is 1. The minimum Gasteiger partial charge on any atom is -0.396 e. The summed E-state index contributed by atoms with van der Waals surface area (Å²) < 4.78 is 10.2. The fourth-order valence-electron chi connectivity index (χ4n) is 1.68. The van der Waals surface area contributed by atoms with Crippen LogP contribution >= 0.6 is 0 Å². The Morgan fingerprint density at radius 3 is 2.62 bits per heavy atom. The monoisotopic (exact) mass is 189 g/mol. The zero-order chi connectivity index (χ0) is 9.68. The summed E-state index contributed by atoms with van der Waals surface area (Å²) >= 11 is 0. The van der Waals surface area contributed by atoms with Crippen molar-refractivity contribution < 1.29 is 14.6 Å². The van der Waals surface area contributed by atoms with Gasteiger partial charge in [0.05, 0.1) is 0 Å². The topological polar surface area (TPSA) is 41.9 Å². The van der Waals surface area contributed by atoms with Crippen molar-refractivity contribution in [2.75, 3.05) is 40.5 Å². The Kier molecular flexibility index (Phi) is 4.66. The van der Waals surface area contributed by atoms with Gasteiger partial charge in [0.15, 0.2) is 6.29 Å². The van der Waals surface area contributed by atoms with Gasteiger partial charge in [-0.05, 0) is 18.9 Å². The summed E-state index contributed by atoms with van der Waals surface area (Å²) in [5, 5.41) is 8.94. The van der Waals surface area contributed by atoms with Gasteiger partial charge in [-0.25, -0.2) is 0 Å². The molecule has 1 aliphatic heterocycles. The van der Waals surface area contributed by atoms with Crippen molar-refractivity contribution in [3.63, 3.8) is 0 Å². The predicted octanol–water partition coefficient (Wildman–Crippen LogP) is -0.0805. The molecule has 4 nitrogen and oxygen atoms in total. The van der Waals surface area contributed by atoms with E-state index in [9.17, 15) is 0 Å². The molecule has 0 saturated carbocycles. The van der Waals surface area contributed by atoms with E-state index in [2.05, 4.69) is 4.90 Å². The lowest BCUT2D eigenvalue weighted by Gasteiger charge is -2.21. The molecule has 0 spiro atoms. The van der Waals surface area contributed by atoms with E-state index in [1.165, 1.54) is 0 Å². The van der Waals surface area contributed by atoms with Crippen molar-refractivity contribution in [2.45, 2.75) is 12.7 Å². The van der Waals surface area contributed by atoms with Crippen LogP contribution in [0.4, 0.5) is 0 Å². The minimum absolute atomic E-state index is 0.141. The third-order valence-electron chi connectivity index (χ3n) is 2.56. The summed E-state index contributed by atoms with van der Waals surface area (Å²) in [4.78, 5) is 2.26. The third-order valence-corrected chi connectivity index (χ3v) is 2.56. The highest BCUT2D eigenvalue weighted by molar-refractivity contribution is 4.75. The SMILES string of the molecule is COC(CN1CCC(CO)C1)OC. The number of aliphatic hydroxyl groups is 1. The molecule has 1 rings (SSSR count). The van der Waals surface area contributed by atoms with Crippen LogP contribution in [0.2, 0.25) is 0 Å². The maximum atomic E-state index is 8.94. The first-order valence-electron chi connectivity index (χ1n) is 4.69. The molecule has 1 atom stereocenters. The molecule has 0 radical (unpaired) electrons. The number of ether oxygens (including phenoxy) is 2. The second-order valence-corrected chi connectivity index (χ2v) is 3.50. The van der Waals surface area contributed by atoms with Crippen LogP contribution in [0.1, 0.15) is 6.42 Å². The molecule has 0 bridgehead atoms. The van der Waals surface area contributed by atoms with Crippen LogP contribution in [0.5, 0.6) is 0 Å². The molecule has 0 aliphatic carbocycles. The highest BCUT2D eigenvalue weighted by atomic mass is 16.7. The number of rotatable bonds is 5. The summed E-state index contributed by atoms with van der Waals surface area (Å²) in [7, 11) is 3.29. The summed E-state index contributed by atoms with van der Waals surface area (Å²) in [6.07, 6.45) is 0.939. The molecule has 0 amide bonds. The van der Waals surface area contributed by atoms with E-state index in [1.807, 2.05) is 0 Å². The molecule has 13 heavy (non-hydrogen) atoms. The molecule has 0 aromatic heterocycles. The van der Waals surface area contributed by atoms with E-state index < -0.39 is 0 Å². The predicted molar refractivity (Wildman–Crippen MR) is 49.4 cm³/mol. The second-order valence-electron chi connectivity index (χ2n) is 3.50. The van der Waals surface area contributed by atoms with E-state index >= 15 is 0 Å². The summed E-state index contributed by atoms with van der Waals surface area (Å²) in [6, 6.07) is 0. The average molecular weight is 189 g/mol. The van der Waals surface area contributed by atoms with Gasteiger partial charge in [0.2, 0.25) is 0 Å². The second kappa shape index (κ2) is 5.54. The molecule has 1 N–H and O–H groups in total. The van der Waals surface area contributed by atoms with Gasteiger partial charge < -0.3 is 14.6 Å². The summed E-state index contributed by atoms with van der Waals surface area (Å²) in [5.74, 6) is 0.439. The lowest BCUT2D eigenvalue weighted by Crippen LogP contribution is -2.33. The lowest BCUT2D eigenvalue weighted by atomic mass is 10.1. The number of hydrogen-bond donors (Lipinski definition) is 1. The third kappa shape index (κ3) is 3.23. The molecule has 1 unspecified atom stereocenters. The zero-order valence-electron chi connectivity index (χ0n) is 8.40. The molecular weight excluding hydrogens is 170 g/mol. The number of methoxy groups -OCH3 is 2. The van der Waals surface area contributed by atoms with Crippen molar-refractivity contribution in [3.05, 3.63) is 0 Å². The number of hydrogen-bond acceptors (Lipinski definition) is 4. The Hall–Kier alpha value is -0.160. The van der Waals surface area contributed by atoms with Crippen molar-refractivity contribution in [2.24, 2.45) is 5.92 Å². The molecule has 78 valence electrons. The van der Waals surface area contributed by atoms with Crippen molar-refractivity contribution in [1.29, 1.82) is 0 Å². The lowest BCUT2D eigenvalue weighted by molar-refractivity contribution is -0.114. The van der Waals surface area contributed by atoms with Crippen molar-refractivity contribution in [3.8, 4) is 0 Å². The van der Waals surface area contributed by atoms with Gasteiger partial charge >= 0.3 is 0 Å². The first-order valence-corrected chi connectivity index (χ1v) is 4.69. The Morgan fingerprint density at radius 1 is 1.46 bits per heavy atom. The quantitative estimate of drug-likeness (QED) is 0.614. The molecule has 0 aromatic carbocycles. The minimum atomic E-state index is -0.141. The van der Waals surface area contributed by atoms with Gasteiger partial charge in [0.25, 0.3) is 0 Å². The van der Waals surface area contributed by atoms with Crippen molar-refractivity contribution >= 4 is 0 Å². The van der Waals surface area contributed by atoms with Gasteiger partial charge in [-0.3, -0.25) is 4.90 Å². The van der Waals surface area contributed by atoms with Crippen LogP contribution in [0.25, 0.3) is 0 Å². The van der Waals surface area contributed by atoms with Crippen LogP contribution < -0.4 is 0 Å². The van der Waals surface area contributed by atoms with Crippen LogP contribution in [-0.2, 0) is 9.47 Å². The molecule has 1 aliphatic rings. The van der Waals surface area contributed by atoms with E-state index in [0.717, 1.165) is 26.1 Å². The Bertz CT molecular complexity index is 139. The van der Waals surface area contributed by atoms with Gasteiger partial charge in [0.1, 0.15) is 0 Å². The highest BCUT2D eigenvalue weighted by Crippen LogP contribution is 2.15. The molecule has 1 heterocycles. The van der Waals surface area contributed by atoms with Gasteiger partial charge in [-0.1, -0.05) is 0 Å². The molecule has 0 aromatic rings. The van der Waals surface area contributed by atoms with Gasteiger partial charge in [0, 0.05) is 33.9 Å². The summed E-state index contributed by atoms with van der Waals surface area (Å²) in [5.41, 5.74) is 0. The number of nitrogens with zero attached hydrogens (tertiary/aromatic N) is 1. The van der Waals surface area contributed by atoms with E-state index in [0.29, 0.717) is 12.5 Å². The molecule has 4 heteroatoms. The largest absolute Gasteiger partial charge is 0.396 e. The Morgan fingerprint density at radius 2 is 2.15 bits per heavy atom. The number of likely N-dealkylation sites (tertiary alicyclic amines) is 1. The van der Waals surface area contributed by atoms with E-state index in [4.69, 9.17) is 14.6 Å². The fourth-order valence-corrected chi connectivity index (χ4v) is 1.68. The molecular formula is C9H19NO3. The Balaban J connectivity index is 2.22. The maximum absolute atomic E-state index is 8.94. The molecule has 1 saturated heterocycles. The normalized spacial score (nSPS) is 24.5. The standard InChI is InChI=1S/C9H19NO3/c1-12-9(13-2)6-10-4-3-8(5-10)7-11/h8-9,11H,3-7H2,1-2H3. The van der Waals surface area contributed by atoms with Crippen LogP contribution in [-0.4, -0.2) is 56.8 Å². The van der Waals surface area contributed by atoms with Crippen LogP contribution in [0.3, 0.4) is 0 Å². The summed E-state index contributed by atoms with van der Waals surface area (Å²) in [6.45, 7) is 3.08. The first kappa shape index (κ1) is 10.9. The van der Waals surface area contributed by atoms with Crippen molar-refractivity contribution in [1.82, 2.24) is 4.90 Å². The molecule has 1 fully saturated rings. The van der Waals surface area contributed by atoms with Crippen LogP contribution in [0, 0.1) is 5.92 Å². The smallest absolute Gasteiger partial charge is 0.169 e. The fraction of sp³-hybridized carbons (Fsp3) is 1.00. The van der Waals surface area contributed by atoms with E-state index in [1.54, 1.807) is 14.2 Å². The maximum Gasteiger partial charge on any atom is 0.169 e. The zero-order valence-corrected chi connectivity index (χ0v) is 8.40. The average Bonchev–Trinajstić information content (AvgIpc) is 2.61. The van der Waals surface area contributed by atoms with Gasteiger partial charge in [-0.15, -0.1) is 0 Å². The van der Waals surface area contributed by atoms with E-state index in [-0.39, 0.29) is 6.29 Å².